The van der Waals surface area contributed by atoms with Gasteiger partial charge in [0, 0.05) is 26.2 Å². The van der Waals surface area contributed by atoms with Crippen LogP contribution in [0, 0.1) is 5.92 Å². The molecule has 0 spiro atoms. The Morgan fingerprint density at radius 2 is 1.97 bits per heavy atom. The van der Waals surface area contributed by atoms with Gasteiger partial charge in [0.05, 0.1) is 40.9 Å². The van der Waals surface area contributed by atoms with E-state index >= 15 is 0 Å². The summed E-state index contributed by atoms with van der Waals surface area (Å²) in [6, 6.07) is 4.49. The van der Waals surface area contributed by atoms with E-state index in [0.717, 1.165) is 11.3 Å². The number of sulfonamides is 1. The molecule has 2 aliphatic heterocycles. The fraction of sp³-hybridized carbons (Fsp3) is 0.571. The molecule has 2 aromatic rings. The average Bonchev–Trinajstić information content (AvgIpc) is 3.14. The SMILES string of the molecule is CCOC(=O)[C@@H]1CCCN(S(=O)(=O)c2ccc3c(c2)sc(=O)n3CC(=O)N2CCOCC2)C1. The summed E-state index contributed by atoms with van der Waals surface area (Å²) < 4.78 is 40.0. The van der Waals surface area contributed by atoms with Gasteiger partial charge in [-0.05, 0) is 38.0 Å². The highest BCUT2D eigenvalue weighted by Gasteiger charge is 2.34. The van der Waals surface area contributed by atoms with Crippen LogP contribution in [-0.2, 0) is 35.6 Å². The molecule has 33 heavy (non-hydrogen) atoms. The number of carbonyl (C=O) groups is 2. The number of carbonyl (C=O) groups excluding carboxylic acids is 2. The Balaban J connectivity index is 1.56. The van der Waals surface area contributed by atoms with E-state index in [1.54, 1.807) is 17.9 Å². The van der Waals surface area contributed by atoms with Gasteiger partial charge in [-0.25, -0.2) is 8.42 Å². The standard InChI is InChI=1S/C21H27N3O7S2/c1-2-31-20(26)15-4-3-7-23(13-15)33(28,29)16-5-6-17-18(12-16)32-21(27)24(17)14-19(25)22-8-10-30-11-9-22/h5-6,12,15H,2-4,7-11,13-14H2,1H3/t15-/m1/s1. The summed E-state index contributed by atoms with van der Waals surface area (Å²) in [6.45, 7) is 4.18. The maximum atomic E-state index is 13.3. The van der Waals surface area contributed by atoms with E-state index in [2.05, 4.69) is 0 Å². The Morgan fingerprint density at radius 3 is 2.70 bits per heavy atom. The second kappa shape index (κ2) is 9.92. The first kappa shape index (κ1) is 23.9. The third kappa shape index (κ3) is 4.98. The highest BCUT2D eigenvalue weighted by atomic mass is 32.2. The molecule has 2 fully saturated rings. The lowest BCUT2D eigenvalue weighted by molar-refractivity contribution is -0.149. The lowest BCUT2D eigenvalue weighted by Gasteiger charge is -2.30. The van der Waals surface area contributed by atoms with E-state index in [0.29, 0.717) is 55.9 Å². The monoisotopic (exact) mass is 497 g/mol. The first-order chi connectivity index (χ1) is 15.8. The molecule has 1 aromatic heterocycles. The topological polar surface area (TPSA) is 115 Å². The second-order valence-electron chi connectivity index (χ2n) is 8.03. The van der Waals surface area contributed by atoms with Crippen LogP contribution in [0.25, 0.3) is 10.2 Å². The van der Waals surface area contributed by atoms with Crippen LogP contribution in [0.5, 0.6) is 0 Å². The third-order valence-electron chi connectivity index (χ3n) is 5.94. The summed E-state index contributed by atoms with van der Waals surface area (Å²) in [5.41, 5.74) is 0.522. The molecule has 3 heterocycles. The van der Waals surface area contributed by atoms with Gasteiger partial charge < -0.3 is 14.4 Å². The lowest BCUT2D eigenvalue weighted by atomic mass is 10.0. The predicted octanol–water partition coefficient (Wildman–Crippen LogP) is 0.886. The number of amides is 1. The molecular formula is C21H27N3O7S2. The van der Waals surface area contributed by atoms with Crippen LogP contribution in [0.1, 0.15) is 19.8 Å². The number of nitrogens with zero attached hydrogens (tertiary/aromatic N) is 3. The highest BCUT2D eigenvalue weighted by Crippen LogP contribution is 2.28. The Bertz CT molecular complexity index is 1200. The van der Waals surface area contributed by atoms with Crippen LogP contribution in [0.4, 0.5) is 0 Å². The number of esters is 1. The van der Waals surface area contributed by atoms with Crippen molar-refractivity contribution in [2.75, 3.05) is 46.0 Å². The third-order valence-corrected chi connectivity index (χ3v) is 8.74. The Hall–Kier alpha value is -2.28. The summed E-state index contributed by atoms with van der Waals surface area (Å²) in [4.78, 5) is 38.7. The van der Waals surface area contributed by atoms with Gasteiger partial charge in [-0.1, -0.05) is 11.3 Å². The molecule has 2 aliphatic rings. The van der Waals surface area contributed by atoms with E-state index in [-0.39, 0.29) is 41.3 Å². The minimum Gasteiger partial charge on any atom is -0.466 e. The van der Waals surface area contributed by atoms with Crippen molar-refractivity contribution >= 4 is 43.5 Å². The molecule has 4 rings (SSSR count). The molecule has 1 aromatic carbocycles. The number of piperidine rings is 1. The molecule has 180 valence electrons. The van der Waals surface area contributed by atoms with Crippen molar-refractivity contribution in [1.29, 1.82) is 0 Å². The lowest BCUT2D eigenvalue weighted by Crippen LogP contribution is -2.43. The van der Waals surface area contributed by atoms with Crippen LogP contribution in [0.3, 0.4) is 0 Å². The van der Waals surface area contributed by atoms with Crippen molar-refractivity contribution in [2.45, 2.75) is 31.2 Å². The van der Waals surface area contributed by atoms with Gasteiger partial charge in [-0.3, -0.25) is 19.0 Å². The van der Waals surface area contributed by atoms with Gasteiger partial charge in [-0.2, -0.15) is 4.31 Å². The normalized spacial score (nSPS) is 20.2. The molecule has 12 heteroatoms. The predicted molar refractivity (Wildman–Crippen MR) is 122 cm³/mol. The maximum Gasteiger partial charge on any atom is 0.310 e. The smallest absolute Gasteiger partial charge is 0.310 e. The molecule has 0 saturated carbocycles. The van der Waals surface area contributed by atoms with Crippen molar-refractivity contribution in [3.05, 3.63) is 27.9 Å². The van der Waals surface area contributed by atoms with E-state index in [1.165, 1.54) is 21.0 Å². The van der Waals surface area contributed by atoms with Gasteiger partial charge in [-0.15, -0.1) is 0 Å². The van der Waals surface area contributed by atoms with E-state index in [4.69, 9.17) is 9.47 Å². The van der Waals surface area contributed by atoms with Crippen LogP contribution >= 0.6 is 11.3 Å². The molecule has 1 atom stereocenters. The van der Waals surface area contributed by atoms with Crippen molar-refractivity contribution in [2.24, 2.45) is 5.92 Å². The quantitative estimate of drug-likeness (QED) is 0.544. The number of ether oxygens (including phenoxy) is 2. The zero-order valence-electron chi connectivity index (χ0n) is 18.4. The summed E-state index contributed by atoms with van der Waals surface area (Å²) in [5, 5.41) is 0. The van der Waals surface area contributed by atoms with Crippen LogP contribution in [-0.4, -0.2) is 80.1 Å². The zero-order valence-corrected chi connectivity index (χ0v) is 20.0. The van der Waals surface area contributed by atoms with Crippen LogP contribution in [0.2, 0.25) is 0 Å². The Morgan fingerprint density at radius 1 is 1.21 bits per heavy atom. The fourth-order valence-corrected chi connectivity index (χ4v) is 6.72. The molecule has 0 bridgehead atoms. The summed E-state index contributed by atoms with van der Waals surface area (Å²) in [5.74, 6) is -1.04. The van der Waals surface area contributed by atoms with E-state index in [1.807, 2.05) is 0 Å². The van der Waals surface area contributed by atoms with E-state index in [9.17, 15) is 22.8 Å². The molecule has 0 radical (unpaired) electrons. The summed E-state index contributed by atoms with van der Waals surface area (Å²) in [7, 11) is -3.85. The number of thiazole rings is 1. The van der Waals surface area contributed by atoms with E-state index < -0.39 is 15.9 Å². The number of rotatable bonds is 6. The van der Waals surface area contributed by atoms with Gasteiger partial charge in [0.15, 0.2) is 0 Å². The molecule has 0 N–H and O–H groups in total. The Labute approximate surface area is 195 Å². The van der Waals surface area contributed by atoms with Crippen LogP contribution < -0.4 is 4.87 Å². The molecule has 2 saturated heterocycles. The first-order valence-electron chi connectivity index (χ1n) is 11.0. The van der Waals surface area contributed by atoms with Gasteiger partial charge in [0.2, 0.25) is 15.9 Å². The number of aromatic nitrogens is 1. The molecule has 0 aliphatic carbocycles. The number of hydrogen-bond acceptors (Lipinski definition) is 8. The first-order valence-corrected chi connectivity index (χ1v) is 13.2. The van der Waals surface area contributed by atoms with Crippen molar-refractivity contribution in [3.8, 4) is 0 Å². The zero-order chi connectivity index (χ0) is 23.6. The Kier molecular flexibility index (Phi) is 7.17. The van der Waals surface area contributed by atoms with Crippen molar-refractivity contribution in [1.82, 2.24) is 13.8 Å². The molecule has 1 amide bonds. The minimum atomic E-state index is -3.85. The number of hydrogen-bond donors (Lipinski definition) is 0. The van der Waals surface area contributed by atoms with Gasteiger partial charge >= 0.3 is 10.8 Å². The van der Waals surface area contributed by atoms with Crippen LogP contribution in [0.15, 0.2) is 27.9 Å². The molecule has 10 nitrogen and oxygen atoms in total. The number of morpholine rings is 1. The number of fused-ring (bicyclic) bond motifs is 1. The van der Waals surface area contributed by atoms with Crippen molar-refractivity contribution in [3.63, 3.8) is 0 Å². The molecule has 0 unspecified atom stereocenters. The van der Waals surface area contributed by atoms with Gasteiger partial charge in [0.1, 0.15) is 6.54 Å². The van der Waals surface area contributed by atoms with Crippen molar-refractivity contribution < 1.29 is 27.5 Å². The highest BCUT2D eigenvalue weighted by molar-refractivity contribution is 7.89. The fourth-order valence-electron chi connectivity index (χ4n) is 4.17. The van der Waals surface area contributed by atoms with Gasteiger partial charge in [0.25, 0.3) is 0 Å². The second-order valence-corrected chi connectivity index (χ2v) is 11.0. The minimum absolute atomic E-state index is 0.0624. The summed E-state index contributed by atoms with van der Waals surface area (Å²) >= 11 is 0.911. The molecular weight excluding hydrogens is 470 g/mol. The number of benzene rings is 1. The largest absolute Gasteiger partial charge is 0.466 e. The summed E-state index contributed by atoms with van der Waals surface area (Å²) in [6.07, 6.45) is 1.16. The average molecular weight is 498 g/mol. The maximum absolute atomic E-state index is 13.3.